The Bertz CT molecular complexity index is 434. The minimum atomic E-state index is -0.917. The SMILES string of the molecule is CCN(CC(C)C(=O)O)C(=O)[C@@H](N)c1ccccc1. The van der Waals surface area contributed by atoms with E-state index in [0.29, 0.717) is 6.54 Å². The van der Waals surface area contributed by atoms with Crippen molar-refractivity contribution in [3.05, 3.63) is 35.9 Å². The van der Waals surface area contributed by atoms with E-state index in [0.717, 1.165) is 5.56 Å². The van der Waals surface area contributed by atoms with Crippen LogP contribution in [0.2, 0.25) is 0 Å². The Balaban J connectivity index is 2.76. The summed E-state index contributed by atoms with van der Waals surface area (Å²) in [6.45, 7) is 4.00. The second-order valence-corrected chi connectivity index (χ2v) is 4.50. The summed E-state index contributed by atoms with van der Waals surface area (Å²) in [5, 5.41) is 8.89. The summed E-state index contributed by atoms with van der Waals surface area (Å²) < 4.78 is 0. The molecule has 3 N–H and O–H groups in total. The Hall–Kier alpha value is -1.88. The van der Waals surface area contributed by atoms with Gasteiger partial charge in [0.25, 0.3) is 0 Å². The van der Waals surface area contributed by atoms with Gasteiger partial charge < -0.3 is 15.7 Å². The van der Waals surface area contributed by atoms with Gasteiger partial charge in [-0.05, 0) is 12.5 Å². The first kappa shape index (κ1) is 15.2. The van der Waals surface area contributed by atoms with Gasteiger partial charge in [-0.1, -0.05) is 37.3 Å². The van der Waals surface area contributed by atoms with E-state index in [1.54, 1.807) is 19.1 Å². The molecule has 1 amide bonds. The molecule has 104 valence electrons. The summed E-state index contributed by atoms with van der Waals surface area (Å²) >= 11 is 0. The van der Waals surface area contributed by atoms with Gasteiger partial charge >= 0.3 is 5.97 Å². The fourth-order valence-corrected chi connectivity index (χ4v) is 1.78. The molecule has 0 fully saturated rings. The van der Waals surface area contributed by atoms with Gasteiger partial charge in [0.15, 0.2) is 0 Å². The molecule has 5 nitrogen and oxygen atoms in total. The van der Waals surface area contributed by atoms with E-state index in [9.17, 15) is 9.59 Å². The molecule has 19 heavy (non-hydrogen) atoms. The molecule has 0 saturated carbocycles. The standard InChI is InChI=1S/C14H20N2O3/c1-3-16(9-10(2)14(18)19)13(17)12(15)11-7-5-4-6-8-11/h4-8,10,12H,3,9,15H2,1-2H3,(H,18,19)/t10?,12-/m0/s1. The van der Waals surface area contributed by atoms with Crippen LogP contribution in [0.1, 0.15) is 25.5 Å². The van der Waals surface area contributed by atoms with Gasteiger partial charge in [-0.3, -0.25) is 9.59 Å². The molecule has 0 aliphatic heterocycles. The normalized spacial score (nSPS) is 13.6. The van der Waals surface area contributed by atoms with Gasteiger partial charge in [0.2, 0.25) is 5.91 Å². The molecule has 0 aliphatic rings. The summed E-state index contributed by atoms with van der Waals surface area (Å²) in [4.78, 5) is 24.6. The summed E-state index contributed by atoms with van der Waals surface area (Å²) in [5.41, 5.74) is 6.66. The highest BCUT2D eigenvalue weighted by Gasteiger charge is 2.24. The molecule has 0 radical (unpaired) electrons. The van der Waals surface area contributed by atoms with Crippen LogP contribution in [0.3, 0.4) is 0 Å². The van der Waals surface area contributed by atoms with Crippen LogP contribution < -0.4 is 5.73 Å². The fraction of sp³-hybridized carbons (Fsp3) is 0.429. The maximum absolute atomic E-state index is 12.2. The predicted molar refractivity (Wildman–Crippen MR) is 72.4 cm³/mol. The van der Waals surface area contributed by atoms with Crippen molar-refractivity contribution in [2.75, 3.05) is 13.1 Å². The first-order chi connectivity index (χ1) is 8.97. The number of hydrogen-bond acceptors (Lipinski definition) is 3. The molecule has 1 aromatic rings. The zero-order chi connectivity index (χ0) is 14.4. The number of nitrogens with zero attached hydrogens (tertiary/aromatic N) is 1. The van der Waals surface area contributed by atoms with E-state index < -0.39 is 17.9 Å². The van der Waals surface area contributed by atoms with Crippen molar-refractivity contribution in [3.8, 4) is 0 Å². The summed E-state index contributed by atoms with van der Waals surface area (Å²) in [7, 11) is 0. The molecule has 0 bridgehead atoms. The number of benzene rings is 1. The Labute approximate surface area is 113 Å². The fourth-order valence-electron chi connectivity index (χ4n) is 1.78. The highest BCUT2D eigenvalue weighted by Crippen LogP contribution is 2.14. The lowest BCUT2D eigenvalue weighted by atomic mass is 10.1. The van der Waals surface area contributed by atoms with Crippen LogP contribution in [0, 0.1) is 5.92 Å². The van der Waals surface area contributed by atoms with Crippen molar-refractivity contribution in [1.29, 1.82) is 0 Å². The summed E-state index contributed by atoms with van der Waals surface area (Å²) in [5.74, 6) is -1.77. The van der Waals surface area contributed by atoms with Crippen LogP contribution in [0.4, 0.5) is 0 Å². The quantitative estimate of drug-likeness (QED) is 0.810. The average molecular weight is 264 g/mol. The first-order valence-corrected chi connectivity index (χ1v) is 6.29. The Morgan fingerprint density at radius 3 is 2.37 bits per heavy atom. The van der Waals surface area contributed by atoms with Gasteiger partial charge in [-0.25, -0.2) is 0 Å². The van der Waals surface area contributed by atoms with Crippen molar-refractivity contribution in [3.63, 3.8) is 0 Å². The van der Waals surface area contributed by atoms with E-state index in [-0.39, 0.29) is 12.5 Å². The lowest BCUT2D eigenvalue weighted by Crippen LogP contribution is -2.42. The number of nitrogens with two attached hydrogens (primary N) is 1. The highest BCUT2D eigenvalue weighted by molar-refractivity contribution is 5.83. The minimum Gasteiger partial charge on any atom is -0.481 e. The second kappa shape index (κ2) is 6.89. The highest BCUT2D eigenvalue weighted by atomic mass is 16.4. The summed E-state index contributed by atoms with van der Waals surface area (Å²) in [6, 6.07) is 8.32. The largest absolute Gasteiger partial charge is 0.481 e. The number of carbonyl (C=O) groups is 2. The molecule has 0 saturated heterocycles. The monoisotopic (exact) mass is 264 g/mol. The van der Waals surface area contributed by atoms with E-state index in [1.807, 2.05) is 25.1 Å². The Kier molecular flexibility index (Phi) is 5.51. The molecule has 0 aliphatic carbocycles. The maximum Gasteiger partial charge on any atom is 0.308 e. The van der Waals surface area contributed by atoms with Gasteiger partial charge in [0.05, 0.1) is 5.92 Å². The number of likely N-dealkylation sites (N-methyl/N-ethyl adjacent to an activating group) is 1. The third kappa shape index (κ3) is 4.06. The van der Waals surface area contributed by atoms with Crippen molar-refractivity contribution < 1.29 is 14.7 Å². The van der Waals surface area contributed by atoms with Crippen LogP contribution in [0.15, 0.2) is 30.3 Å². The number of rotatable bonds is 6. The number of amides is 1. The van der Waals surface area contributed by atoms with Crippen LogP contribution in [-0.4, -0.2) is 35.0 Å². The van der Waals surface area contributed by atoms with Crippen molar-refractivity contribution in [1.82, 2.24) is 4.90 Å². The maximum atomic E-state index is 12.2. The molecule has 0 aromatic heterocycles. The molecular formula is C14H20N2O3. The molecular weight excluding hydrogens is 244 g/mol. The molecule has 1 unspecified atom stereocenters. The van der Waals surface area contributed by atoms with Crippen LogP contribution >= 0.6 is 0 Å². The third-order valence-corrected chi connectivity index (χ3v) is 3.03. The van der Waals surface area contributed by atoms with Crippen LogP contribution in [0.25, 0.3) is 0 Å². The second-order valence-electron chi connectivity index (χ2n) is 4.50. The van der Waals surface area contributed by atoms with Gasteiger partial charge in [-0.15, -0.1) is 0 Å². The van der Waals surface area contributed by atoms with Gasteiger partial charge in [0.1, 0.15) is 6.04 Å². The average Bonchev–Trinajstić information content (AvgIpc) is 2.43. The van der Waals surface area contributed by atoms with E-state index in [1.165, 1.54) is 4.90 Å². The lowest BCUT2D eigenvalue weighted by Gasteiger charge is -2.26. The van der Waals surface area contributed by atoms with E-state index in [2.05, 4.69) is 0 Å². The predicted octanol–water partition coefficient (Wildman–Crippen LogP) is 1.26. The van der Waals surface area contributed by atoms with Crippen LogP contribution in [-0.2, 0) is 9.59 Å². The first-order valence-electron chi connectivity index (χ1n) is 6.29. The van der Waals surface area contributed by atoms with Crippen LogP contribution in [0.5, 0.6) is 0 Å². The molecule has 1 aromatic carbocycles. The number of carboxylic acid groups (broad SMARTS) is 1. The molecule has 0 spiro atoms. The smallest absolute Gasteiger partial charge is 0.308 e. The zero-order valence-corrected chi connectivity index (χ0v) is 11.2. The summed E-state index contributed by atoms with van der Waals surface area (Å²) in [6.07, 6.45) is 0. The van der Waals surface area contributed by atoms with Crippen molar-refractivity contribution >= 4 is 11.9 Å². The molecule has 1 rings (SSSR count). The van der Waals surface area contributed by atoms with E-state index in [4.69, 9.17) is 10.8 Å². The topological polar surface area (TPSA) is 83.6 Å². The number of hydrogen-bond donors (Lipinski definition) is 2. The van der Waals surface area contributed by atoms with Crippen molar-refractivity contribution in [2.45, 2.75) is 19.9 Å². The van der Waals surface area contributed by atoms with Gasteiger partial charge in [-0.2, -0.15) is 0 Å². The lowest BCUT2D eigenvalue weighted by molar-refractivity contribution is -0.143. The van der Waals surface area contributed by atoms with Crippen molar-refractivity contribution in [2.24, 2.45) is 11.7 Å². The number of carboxylic acids is 1. The zero-order valence-electron chi connectivity index (χ0n) is 11.2. The Morgan fingerprint density at radius 2 is 1.89 bits per heavy atom. The minimum absolute atomic E-state index is 0.172. The molecule has 2 atom stereocenters. The molecule has 5 heteroatoms. The van der Waals surface area contributed by atoms with Gasteiger partial charge in [0, 0.05) is 13.1 Å². The third-order valence-electron chi connectivity index (χ3n) is 3.03. The number of aliphatic carboxylic acids is 1. The number of carbonyl (C=O) groups excluding carboxylic acids is 1. The van der Waals surface area contributed by atoms with E-state index >= 15 is 0 Å². The molecule has 0 heterocycles. The Morgan fingerprint density at radius 1 is 1.32 bits per heavy atom.